The maximum absolute atomic E-state index is 12.1. The Hall–Kier alpha value is -2.86. The number of nitrogens with zero attached hydrogens (tertiary/aromatic N) is 1. The summed E-state index contributed by atoms with van der Waals surface area (Å²) in [6.07, 6.45) is 1.80. The third-order valence-corrected chi connectivity index (χ3v) is 4.43. The second kappa shape index (κ2) is 7.36. The zero-order valence-corrected chi connectivity index (χ0v) is 14.7. The predicted octanol–water partition coefficient (Wildman–Crippen LogP) is 3.85. The number of nitrogens with one attached hydrogen (secondary N) is 2. The Morgan fingerprint density at radius 3 is 2.56 bits per heavy atom. The lowest BCUT2D eigenvalue weighted by atomic mass is 10.2. The minimum atomic E-state index is -0.164. The molecule has 0 aliphatic carbocycles. The molecule has 1 fully saturated rings. The van der Waals surface area contributed by atoms with E-state index in [0.717, 1.165) is 22.5 Å². The Morgan fingerprint density at radius 1 is 1.16 bits per heavy atom. The monoisotopic (exact) mass is 351 g/mol. The molecule has 1 aliphatic heterocycles. The lowest BCUT2D eigenvalue weighted by Gasteiger charge is -2.02. The number of hydrogen-bond donors (Lipinski definition) is 2. The van der Waals surface area contributed by atoms with Crippen molar-refractivity contribution in [2.24, 2.45) is 4.99 Å². The van der Waals surface area contributed by atoms with Crippen LogP contribution in [0.25, 0.3) is 6.08 Å². The molecule has 5 nitrogen and oxygen atoms in total. The number of amidine groups is 1. The zero-order chi connectivity index (χ0) is 17.8. The van der Waals surface area contributed by atoms with Crippen molar-refractivity contribution in [2.75, 3.05) is 5.32 Å². The average Bonchev–Trinajstić information content (AvgIpc) is 2.90. The van der Waals surface area contributed by atoms with Gasteiger partial charge < -0.3 is 10.6 Å². The standard InChI is InChI=1S/C19H17N3O2S/c1-12-5-3-4-6-16(12)21-19-22-18(24)17(25-19)11-14-7-9-15(10-8-14)20-13(2)23/h3-11H,1-2H3,(H,20,23)(H,21,22,24)/b17-11+. The van der Waals surface area contributed by atoms with Crippen LogP contribution in [0.2, 0.25) is 0 Å². The van der Waals surface area contributed by atoms with E-state index in [-0.39, 0.29) is 11.8 Å². The SMILES string of the molecule is CC(=O)Nc1ccc(/C=C2/SC(=Nc3ccccc3C)NC2=O)cc1. The molecule has 2 aromatic carbocycles. The molecule has 1 saturated heterocycles. The summed E-state index contributed by atoms with van der Waals surface area (Å²) in [7, 11) is 0. The molecule has 0 spiro atoms. The molecule has 0 radical (unpaired) electrons. The van der Waals surface area contributed by atoms with Gasteiger partial charge in [-0.25, -0.2) is 4.99 Å². The van der Waals surface area contributed by atoms with Gasteiger partial charge in [0.25, 0.3) is 5.91 Å². The molecule has 1 aliphatic rings. The molecule has 0 bridgehead atoms. The summed E-state index contributed by atoms with van der Waals surface area (Å²) in [5.41, 5.74) is 3.49. The lowest BCUT2D eigenvalue weighted by molar-refractivity contribution is -0.115. The van der Waals surface area contributed by atoms with Crippen molar-refractivity contribution in [2.45, 2.75) is 13.8 Å². The Morgan fingerprint density at radius 2 is 1.88 bits per heavy atom. The van der Waals surface area contributed by atoms with Gasteiger partial charge in [-0.3, -0.25) is 9.59 Å². The van der Waals surface area contributed by atoms with E-state index < -0.39 is 0 Å². The molecule has 3 rings (SSSR count). The number of carbonyl (C=O) groups excluding carboxylic acids is 2. The van der Waals surface area contributed by atoms with Crippen LogP contribution < -0.4 is 10.6 Å². The van der Waals surface area contributed by atoms with Gasteiger partial charge in [0.05, 0.1) is 10.6 Å². The molecule has 6 heteroatoms. The summed E-state index contributed by atoms with van der Waals surface area (Å²) in [6.45, 7) is 3.44. The second-order valence-corrected chi connectivity index (χ2v) is 6.60. The number of thioether (sulfide) groups is 1. The number of amides is 2. The number of aliphatic imine (C=N–C) groups is 1. The summed E-state index contributed by atoms with van der Waals surface area (Å²) in [6, 6.07) is 15.1. The molecule has 2 amide bonds. The van der Waals surface area contributed by atoms with E-state index >= 15 is 0 Å². The summed E-state index contributed by atoms with van der Waals surface area (Å²) < 4.78 is 0. The molecule has 2 aromatic rings. The highest BCUT2D eigenvalue weighted by atomic mass is 32.2. The maximum atomic E-state index is 12.1. The fourth-order valence-corrected chi connectivity index (χ4v) is 3.13. The second-order valence-electron chi connectivity index (χ2n) is 5.57. The summed E-state index contributed by atoms with van der Waals surface area (Å²) in [5.74, 6) is -0.280. The van der Waals surface area contributed by atoms with Crippen LogP contribution in [0, 0.1) is 6.92 Å². The van der Waals surface area contributed by atoms with Crippen LogP contribution in [-0.2, 0) is 9.59 Å². The largest absolute Gasteiger partial charge is 0.326 e. The van der Waals surface area contributed by atoms with Gasteiger partial charge in [-0.1, -0.05) is 30.3 Å². The van der Waals surface area contributed by atoms with E-state index in [1.165, 1.54) is 18.7 Å². The number of carbonyl (C=O) groups is 2. The van der Waals surface area contributed by atoms with Crippen LogP contribution in [0.5, 0.6) is 0 Å². The van der Waals surface area contributed by atoms with Gasteiger partial charge in [0.15, 0.2) is 5.17 Å². The highest BCUT2D eigenvalue weighted by molar-refractivity contribution is 8.18. The van der Waals surface area contributed by atoms with E-state index in [9.17, 15) is 9.59 Å². The first-order chi connectivity index (χ1) is 12.0. The minimum Gasteiger partial charge on any atom is -0.326 e. The van der Waals surface area contributed by atoms with Gasteiger partial charge in [-0.2, -0.15) is 0 Å². The first-order valence-electron chi connectivity index (χ1n) is 7.74. The van der Waals surface area contributed by atoms with Crippen molar-refractivity contribution in [3.8, 4) is 0 Å². The van der Waals surface area contributed by atoms with E-state index in [0.29, 0.717) is 10.1 Å². The van der Waals surface area contributed by atoms with Gasteiger partial charge in [-0.15, -0.1) is 0 Å². The van der Waals surface area contributed by atoms with E-state index in [1.807, 2.05) is 43.3 Å². The van der Waals surface area contributed by atoms with Crippen LogP contribution in [0.3, 0.4) is 0 Å². The fourth-order valence-electron chi connectivity index (χ4n) is 2.30. The number of hydrogen-bond acceptors (Lipinski definition) is 4. The van der Waals surface area contributed by atoms with Crippen molar-refractivity contribution in [3.05, 3.63) is 64.6 Å². The molecule has 2 N–H and O–H groups in total. The Labute approximate surface area is 150 Å². The molecule has 126 valence electrons. The first-order valence-corrected chi connectivity index (χ1v) is 8.56. The van der Waals surface area contributed by atoms with Crippen LogP contribution >= 0.6 is 11.8 Å². The Balaban J connectivity index is 1.77. The van der Waals surface area contributed by atoms with Crippen LogP contribution in [0.4, 0.5) is 11.4 Å². The third-order valence-electron chi connectivity index (χ3n) is 3.52. The van der Waals surface area contributed by atoms with Crippen LogP contribution in [0.1, 0.15) is 18.1 Å². The topological polar surface area (TPSA) is 70.6 Å². The lowest BCUT2D eigenvalue weighted by Crippen LogP contribution is -2.19. The van der Waals surface area contributed by atoms with Crippen LogP contribution in [-0.4, -0.2) is 17.0 Å². The third kappa shape index (κ3) is 4.36. The van der Waals surface area contributed by atoms with Crippen molar-refractivity contribution in [3.63, 3.8) is 0 Å². The van der Waals surface area contributed by atoms with Crippen molar-refractivity contribution >= 4 is 46.2 Å². The normalized spacial score (nSPS) is 17.0. The van der Waals surface area contributed by atoms with Gasteiger partial charge in [0.2, 0.25) is 5.91 Å². The molecule has 25 heavy (non-hydrogen) atoms. The predicted molar refractivity (Wildman–Crippen MR) is 103 cm³/mol. The molecule has 0 aromatic heterocycles. The smallest absolute Gasteiger partial charge is 0.264 e. The zero-order valence-electron chi connectivity index (χ0n) is 13.9. The van der Waals surface area contributed by atoms with Gasteiger partial charge in [-0.05, 0) is 54.1 Å². The quantitative estimate of drug-likeness (QED) is 0.825. The van der Waals surface area contributed by atoms with E-state index in [2.05, 4.69) is 15.6 Å². The number of aryl methyl sites for hydroxylation is 1. The summed E-state index contributed by atoms with van der Waals surface area (Å²) >= 11 is 1.31. The maximum Gasteiger partial charge on any atom is 0.264 e. The van der Waals surface area contributed by atoms with E-state index in [1.54, 1.807) is 18.2 Å². The molecule has 1 heterocycles. The highest BCUT2D eigenvalue weighted by Crippen LogP contribution is 2.29. The molecule has 0 unspecified atom stereocenters. The molecular weight excluding hydrogens is 334 g/mol. The Bertz CT molecular complexity index is 886. The van der Waals surface area contributed by atoms with Gasteiger partial charge >= 0.3 is 0 Å². The average molecular weight is 351 g/mol. The number of rotatable bonds is 3. The molecular formula is C19H17N3O2S. The minimum absolute atomic E-state index is 0.117. The highest BCUT2D eigenvalue weighted by Gasteiger charge is 2.23. The van der Waals surface area contributed by atoms with Gasteiger partial charge in [0, 0.05) is 12.6 Å². The van der Waals surface area contributed by atoms with Crippen molar-refractivity contribution < 1.29 is 9.59 Å². The molecule has 0 atom stereocenters. The number of benzene rings is 2. The van der Waals surface area contributed by atoms with Crippen molar-refractivity contribution in [1.29, 1.82) is 0 Å². The number of para-hydroxylation sites is 1. The van der Waals surface area contributed by atoms with Crippen LogP contribution in [0.15, 0.2) is 58.4 Å². The Kier molecular flexibility index (Phi) is 5.00. The van der Waals surface area contributed by atoms with Crippen molar-refractivity contribution in [1.82, 2.24) is 5.32 Å². The van der Waals surface area contributed by atoms with E-state index in [4.69, 9.17) is 0 Å². The first kappa shape index (κ1) is 17.0. The van der Waals surface area contributed by atoms with Gasteiger partial charge in [0.1, 0.15) is 0 Å². The summed E-state index contributed by atoms with van der Waals surface area (Å²) in [4.78, 5) is 28.3. The molecule has 0 saturated carbocycles. The fraction of sp³-hybridized carbons (Fsp3) is 0.105. The number of anilines is 1. The summed E-state index contributed by atoms with van der Waals surface area (Å²) in [5, 5.41) is 6.07.